The molecular weight excluding hydrogens is 140 g/mol. The summed E-state index contributed by atoms with van der Waals surface area (Å²) < 4.78 is 5.38. The van der Waals surface area contributed by atoms with Crippen LogP contribution in [0.4, 0.5) is 0 Å². The van der Waals surface area contributed by atoms with Crippen molar-refractivity contribution in [3.63, 3.8) is 0 Å². The van der Waals surface area contributed by atoms with Gasteiger partial charge >= 0.3 is 0 Å². The molecule has 1 aromatic rings. The first-order chi connectivity index (χ1) is 5.27. The lowest BCUT2D eigenvalue weighted by Crippen LogP contribution is -1.96. The monoisotopic (exact) mass is 150 g/mol. The Balaban J connectivity index is 2.52. The van der Waals surface area contributed by atoms with Gasteiger partial charge in [0.25, 0.3) is 0 Å². The summed E-state index contributed by atoms with van der Waals surface area (Å²) in [5, 5.41) is 0. The average Bonchev–Trinajstić information content (AvgIpc) is 2.33. The van der Waals surface area contributed by atoms with E-state index >= 15 is 0 Å². The second-order valence-electron chi connectivity index (χ2n) is 2.78. The Bertz CT molecular complexity index is 285. The molecule has 0 spiro atoms. The van der Waals surface area contributed by atoms with Crippen molar-refractivity contribution in [1.82, 2.24) is 9.97 Å². The third-order valence-electron chi connectivity index (χ3n) is 1.89. The normalized spacial score (nSPS) is 21.8. The van der Waals surface area contributed by atoms with Crippen LogP contribution in [0.5, 0.6) is 0 Å². The molecule has 0 bridgehead atoms. The third-order valence-corrected chi connectivity index (χ3v) is 1.89. The van der Waals surface area contributed by atoms with Crippen LogP contribution in [-0.4, -0.2) is 9.97 Å². The predicted molar refractivity (Wildman–Crippen MR) is 40.0 cm³/mol. The van der Waals surface area contributed by atoms with E-state index in [4.69, 9.17) is 4.74 Å². The first kappa shape index (κ1) is 6.73. The van der Waals surface area contributed by atoms with Crippen molar-refractivity contribution in [3.8, 4) is 0 Å². The summed E-state index contributed by atoms with van der Waals surface area (Å²) in [4.78, 5) is 8.39. The van der Waals surface area contributed by atoms with Crippen molar-refractivity contribution in [2.24, 2.45) is 0 Å². The molecule has 0 amide bonds. The van der Waals surface area contributed by atoms with E-state index in [-0.39, 0.29) is 6.10 Å². The Morgan fingerprint density at radius 1 is 1.64 bits per heavy atom. The van der Waals surface area contributed by atoms with Gasteiger partial charge in [-0.25, -0.2) is 9.97 Å². The summed E-state index contributed by atoms with van der Waals surface area (Å²) >= 11 is 0. The summed E-state index contributed by atoms with van der Waals surface area (Å²) in [5.74, 6) is 0.820. The van der Waals surface area contributed by atoms with Gasteiger partial charge in [-0.2, -0.15) is 0 Å². The number of nitrogens with zero attached hydrogens (tertiary/aromatic N) is 2. The maximum Gasteiger partial charge on any atom is 0.125 e. The summed E-state index contributed by atoms with van der Waals surface area (Å²) in [6.45, 7) is 4.57. The number of hydrogen-bond acceptors (Lipinski definition) is 3. The van der Waals surface area contributed by atoms with E-state index in [1.807, 2.05) is 20.0 Å². The topological polar surface area (TPSA) is 35.0 Å². The van der Waals surface area contributed by atoms with Gasteiger partial charge in [-0.1, -0.05) is 0 Å². The van der Waals surface area contributed by atoms with Crippen LogP contribution in [0.25, 0.3) is 0 Å². The number of ether oxygens (including phenoxy) is 1. The van der Waals surface area contributed by atoms with Crippen molar-refractivity contribution in [3.05, 3.63) is 23.3 Å². The van der Waals surface area contributed by atoms with E-state index in [1.165, 1.54) is 0 Å². The van der Waals surface area contributed by atoms with Gasteiger partial charge in [-0.3, -0.25) is 0 Å². The molecule has 3 heteroatoms. The SMILES string of the molecule is Cc1ncc2c(n1)[C@@H](C)OC2. The molecule has 1 aromatic heterocycles. The van der Waals surface area contributed by atoms with Crippen LogP contribution >= 0.6 is 0 Å². The Kier molecular flexibility index (Phi) is 1.39. The van der Waals surface area contributed by atoms with Crippen LogP contribution in [0, 0.1) is 6.92 Å². The van der Waals surface area contributed by atoms with Crippen molar-refractivity contribution >= 4 is 0 Å². The maximum absolute atomic E-state index is 5.38. The maximum atomic E-state index is 5.38. The minimum atomic E-state index is 0.145. The van der Waals surface area contributed by atoms with Gasteiger partial charge in [-0.05, 0) is 13.8 Å². The second-order valence-corrected chi connectivity index (χ2v) is 2.78. The van der Waals surface area contributed by atoms with Crippen LogP contribution in [0.3, 0.4) is 0 Å². The van der Waals surface area contributed by atoms with E-state index in [2.05, 4.69) is 9.97 Å². The Morgan fingerprint density at radius 2 is 2.45 bits per heavy atom. The minimum absolute atomic E-state index is 0.145. The first-order valence-corrected chi connectivity index (χ1v) is 3.71. The number of aryl methyl sites for hydroxylation is 1. The van der Waals surface area contributed by atoms with Gasteiger partial charge < -0.3 is 4.74 Å². The number of aromatic nitrogens is 2. The zero-order valence-corrected chi connectivity index (χ0v) is 6.66. The molecule has 2 rings (SSSR count). The van der Waals surface area contributed by atoms with Gasteiger partial charge in [-0.15, -0.1) is 0 Å². The van der Waals surface area contributed by atoms with E-state index in [9.17, 15) is 0 Å². The molecule has 0 saturated carbocycles. The van der Waals surface area contributed by atoms with Gasteiger partial charge in [0, 0.05) is 11.8 Å². The smallest absolute Gasteiger partial charge is 0.125 e. The van der Waals surface area contributed by atoms with Crippen molar-refractivity contribution in [1.29, 1.82) is 0 Å². The highest BCUT2D eigenvalue weighted by Gasteiger charge is 2.20. The predicted octanol–water partition coefficient (Wildman–Crippen LogP) is 1.38. The molecule has 58 valence electrons. The first-order valence-electron chi connectivity index (χ1n) is 3.71. The van der Waals surface area contributed by atoms with Crippen molar-refractivity contribution < 1.29 is 4.74 Å². The molecule has 1 atom stereocenters. The summed E-state index contributed by atoms with van der Waals surface area (Å²) in [6.07, 6.45) is 1.99. The Hall–Kier alpha value is -0.960. The molecule has 0 fully saturated rings. The van der Waals surface area contributed by atoms with Crippen LogP contribution in [0.1, 0.15) is 30.1 Å². The fourth-order valence-electron chi connectivity index (χ4n) is 1.27. The van der Waals surface area contributed by atoms with Gasteiger partial charge in [0.1, 0.15) is 5.82 Å². The number of hydrogen-bond donors (Lipinski definition) is 0. The molecule has 3 nitrogen and oxygen atoms in total. The third kappa shape index (κ3) is 1.01. The fourth-order valence-corrected chi connectivity index (χ4v) is 1.27. The minimum Gasteiger partial charge on any atom is -0.367 e. The van der Waals surface area contributed by atoms with Crippen molar-refractivity contribution in [2.45, 2.75) is 26.6 Å². The Morgan fingerprint density at radius 3 is 3.27 bits per heavy atom. The Labute approximate surface area is 65.4 Å². The standard InChI is InChI=1S/C8H10N2O/c1-5-8-7(4-11-5)3-9-6(2)10-8/h3,5H,4H2,1-2H3/t5-/m1/s1. The van der Waals surface area contributed by atoms with Crippen LogP contribution < -0.4 is 0 Å². The molecule has 0 aromatic carbocycles. The van der Waals surface area contributed by atoms with Crippen LogP contribution in [-0.2, 0) is 11.3 Å². The molecule has 1 aliphatic heterocycles. The zero-order chi connectivity index (χ0) is 7.84. The highest BCUT2D eigenvalue weighted by Crippen LogP contribution is 2.26. The van der Waals surface area contributed by atoms with Gasteiger partial charge in [0.2, 0.25) is 0 Å². The van der Waals surface area contributed by atoms with E-state index in [0.29, 0.717) is 6.61 Å². The molecular formula is C8H10N2O. The second kappa shape index (κ2) is 2.27. The zero-order valence-electron chi connectivity index (χ0n) is 6.66. The lowest BCUT2D eigenvalue weighted by Gasteiger charge is -2.01. The molecule has 0 N–H and O–H groups in total. The molecule has 0 aliphatic carbocycles. The molecule has 1 aliphatic rings. The molecule has 0 radical (unpaired) electrons. The molecule has 11 heavy (non-hydrogen) atoms. The fraction of sp³-hybridized carbons (Fsp3) is 0.500. The lowest BCUT2D eigenvalue weighted by molar-refractivity contribution is 0.0778. The van der Waals surface area contributed by atoms with E-state index in [0.717, 1.165) is 17.1 Å². The summed E-state index contributed by atoms with van der Waals surface area (Å²) in [6, 6.07) is 0. The highest BCUT2D eigenvalue weighted by molar-refractivity contribution is 5.21. The van der Waals surface area contributed by atoms with Gasteiger partial charge in [0.15, 0.2) is 0 Å². The summed E-state index contributed by atoms with van der Waals surface area (Å²) in [5.41, 5.74) is 2.18. The molecule has 2 heterocycles. The van der Waals surface area contributed by atoms with Crippen molar-refractivity contribution in [2.75, 3.05) is 0 Å². The van der Waals surface area contributed by atoms with Crippen LogP contribution in [0.15, 0.2) is 6.20 Å². The van der Waals surface area contributed by atoms with E-state index in [1.54, 1.807) is 0 Å². The average molecular weight is 150 g/mol. The molecule has 0 saturated heterocycles. The largest absolute Gasteiger partial charge is 0.367 e. The quantitative estimate of drug-likeness (QED) is 0.560. The lowest BCUT2D eigenvalue weighted by atomic mass is 10.2. The van der Waals surface area contributed by atoms with Crippen LogP contribution in [0.2, 0.25) is 0 Å². The highest BCUT2D eigenvalue weighted by atomic mass is 16.5. The number of fused-ring (bicyclic) bond motifs is 1. The number of rotatable bonds is 0. The van der Waals surface area contributed by atoms with E-state index < -0.39 is 0 Å². The molecule has 0 unspecified atom stereocenters. The summed E-state index contributed by atoms with van der Waals surface area (Å²) in [7, 11) is 0. The van der Waals surface area contributed by atoms with Gasteiger partial charge in [0.05, 0.1) is 18.4 Å².